The number of carbonyl (C=O) groups excluding carboxylic acids is 1. The second kappa shape index (κ2) is 5.00. The van der Waals surface area contributed by atoms with Crippen LogP contribution in [0.5, 0.6) is 0 Å². The molecule has 1 aliphatic rings. The molecule has 0 saturated carbocycles. The van der Waals surface area contributed by atoms with E-state index in [1.807, 2.05) is 33.9 Å². The molecule has 118 valence electrons. The van der Waals surface area contributed by atoms with Gasteiger partial charge in [0.1, 0.15) is 5.82 Å². The van der Waals surface area contributed by atoms with E-state index >= 15 is 0 Å². The highest BCUT2D eigenvalue weighted by Crippen LogP contribution is 2.30. The van der Waals surface area contributed by atoms with Crippen molar-refractivity contribution in [3.63, 3.8) is 0 Å². The Bertz CT molecular complexity index is 742. The van der Waals surface area contributed by atoms with Crippen molar-refractivity contribution in [3.8, 4) is 0 Å². The van der Waals surface area contributed by atoms with Gasteiger partial charge in [-0.25, -0.2) is 9.18 Å². The lowest BCUT2D eigenvalue weighted by molar-refractivity contribution is 0.183. The Kier molecular flexibility index (Phi) is 3.38. The molecule has 0 unspecified atom stereocenters. The fourth-order valence-electron chi connectivity index (χ4n) is 3.12. The maximum atomic E-state index is 13.6. The molecule has 0 fully saturated rings. The Morgan fingerprint density at radius 3 is 2.73 bits per heavy atom. The predicted molar refractivity (Wildman–Crippen MR) is 85.3 cm³/mol. The molecule has 22 heavy (non-hydrogen) atoms. The molecule has 2 aromatic rings. The highest BCUT2D eigenvalue weighted by molar-refractivity contribution is 5.86. The van der Waals surface area contributed by atoms with Crippen LogP contribution in [0.3, 0.4) is 0 Å². The van der Waals surface area contributed by atoms with Crippen LogP contribution in [-0.4, -0.2) is 27.6 Å². The highest BCUT2D eigenvalue weighted by Gasteiger charge is 2.27. The summed E-state index contributed by atoms with van der Waals surface area (Å²) in [6, 6.07) is 4.80. The van der Waals surface area contributed by atoms with E-state index in [-0.39, 0.29) is 17.4 Å². The third-order valence-electron chi connectivity index (χ3n) is 4.13. The van der Waals surface area contributed by atoms with Gasteiger partial charge in [-0.15, -0.1) is 0 Å². The number of aromatic nitrogens is 1. The van der Waals surface area contributed by atoms with Gasteiger partial charge in [-0.1, -0.05) is 0 Å². The molecule has 0 atom stereocenters. The van der Waals surface area contributed by atoms with E-state index in [1.165, 1.54) is 11.8 Å². The van der Waals surface area contributed by atoms with Crippen molar-refractivity contribution in [1.29, 1.82) is 0 Å². The van der Waals surface area contributed by atoms with Crippen molar-refractivity contribution in [2.45, 2.75) is 39.3 Å². The van der Waals surface area contributed by atoms with Gasteiger partial charge in [-0.3, -0.25) is 0 Å². The second-order valence-corrected chi connectivity index (χ2v) is 7.00. The molecule has 3 rings (SSSR count). The first-order valence-corrected chi connectivity index (χ1v) is 7.59. The predicted octanol–water partition coefficient (Wildman–Crippen LogP) is 3.18. The number of amides is 2. The quantitative estimate of drug-likeness (QED) is 0.797. The second-order valence-electron chi connectivity index (χ2n) is 7.00. The summed E-state index contributed by atoms with van der Waals surface area (Å²) in [5.41, 5.74) is 3.01. The van der Waals surface area contributed by atoms with Crippen molar-refractivity contribution in [3.05, 3.63) is 35.3 Å². The van der Waals surface area contributed by atoms with E-state index in [9.17, 15) is 9.18 Å². The zero-order valence-corrected chi connectivity index (χ0v) is 13.5. The van der Waals surface area contributed by atoms with Crippen LogP contribution < -0.4 is 5.32 Å². The van der Waals surface area contributed by atoms with E-state index in [0.29, 0.717) is 13.1 Å². The van der Waals surface area contributed by atoms with Gasteiger partial charge in [0.15, 0.2) is 0 Å². The van der Waals surface area contributed by atoms with Crippen LogP contribution >= 0.6 is 0 Å². The number of fused-ring (bicyclic) bond motifs is 3. The van der Waals surface area contributed by atoms with Crippen LogP contribution in [-0.2, 0) is 20.0 Å². The summed E-state index contributed by atoms with van der Waals surface area (Å²) in [7, 11) is 2.00. The number of carbonyl (C=O) groups is 1. The number of nitrogens with zero attached hydrogens (tertiary/aromatic N) is 2. The molecule has 1 N–H and O–H groups in total. The lowest BCUT2D eigenvalue weighted by atomic mass is 10.0. The summed E-state index contributed by atoms with van der Waals surface area (Å²) in [6.45, 7) is 7.11. The van der Waals surface area contributed by atoms with Gasteiger partial charge in [0.05, 0.1) is 0 Å². The number of urea groups is 1. The summed E-state index contributed by atoms with van der Waals surface area (Å²) >= 11 is 0. The van der Waals surface area contributed by atoms with Crippen molar-refractivity contribution < 1.29 is 9.18 Å². The van der Waals surface area contributed by atoms with Gasteiger partial charge in [-0.2, -0.15) is 0 Å². The molecule has 0 bridgehead atoms. The van der Waals surface area contributed by atoms with Gasteiger partial charge in [0, 0.05) is 54.3 Å². The Hall–Kier alpha value is -2.04. The summed E-state index contributed by atoms with van der Waals surface area (Å²) in [5, 5.41) is 3.90. The molecular weight excluding hydrogens is 281 g/mol. The van der Waals surface area contributed by atoms with Crippen molar-refractivity contribution >= 4 is 16.9 Å². The summed E-state index contributed by atoms with van der Waals surface area (Å²) in [5.74, 6) is -0.239. The van der Waals surface area contributed by atoms with Crippen LogP contribution in [0, 0.1) is 5.82 Å². The molecule has 1 aromatic carbocycles. The molecule has 0 spiro atoms. The van der Waals surface area contributed by atoms with Crippen LogP contribution in [0.25, 0.3) is 10.9 Å². The fraction of sp³-hybridized carbons (Fsp3) is 0.471. The van der Waals surface area contributed by atoms with E-state index in [4.69, 9.17) is 0 Å². The van der Waals surface area contributed by atoms with Crippen molar-refractivity contribution in [2.75, 3.05) is 6.54 Å². The van der Waals surface area contributed by atoms with Gasteiger partial charge >= 0.3 is 6.03 Å². The molecule has 5 heteroatoms. The van der Waals surface area contributed by atoms with Gasteiger partial charge in [0.2, 0.25) is 0 Å². The van der Waals surface area contributed by atoms with E-state index in [0.717, 1.165) is 22.9 Å². The molecule has 2 amide bonds. The Balaban J connectivity index is 1.95. The number of nitrogens with one attached hydrogen (secondary N) is 1. The standard InChI is InChI=1S/C17H22FN3O/c1-17(2,3)19-16(22)21-8-7-15-13(10-21)12-9-11(18)5-6-14(12)20(15)4/h5-6,9H,7-8,10H2,1-4H3,(H,19,22). The normalized spacial score (nSPS) is 15.0. The monoisotopic (exact) mass is 303 g/mol. The van der Waals surface area contributed by atoms with Crippen molar-refractivity contribution in [2.24, 2.45) is 7.05 Å². The largest absolute Gasteiger partial charge is 0.347 e. The van der Waals surface area contributed by atoms with Crippen LogP contribution in [0.15, 0.2) is 18.2 Å². The summed E-state index contributed by atoms with van der Waals surface area (Å²) < 4.78 is 15.7. The molecule has 0 aliphatic carbocycles. The molecular formula is C17H22FN3O. The number of hydrogen-bond acceptors (Lipinski definition) is 1. The minimum atomic E-state index is -0.262. The van der Waals surface area contributed by atoms with Crippen LogP contribution in [0.4, 0.5) is 9.18 Å². The first-order chi connectivity index (χ1) is 10.3. The molecule has 0 radical (unpaired) electrons. The van der Waals surface area contributed by atoms with Gasteiger partial charge in [0.25, 0.3) is 0 Å². The summed E-state index contributed by atoms with van der Waals surface area (Å²) in [6.07, 6.45) is 0.791. The Morgan fingerprint density at radius 1 is 1.32 bits per heavy atom. The molecule has 4 nitrogen and oxygen atoms in total. The van der Waals surface area contributed by atoms with Crippen LogP contribution in [0.1, 0.15) is 32.0 Å². The number of aryl methyl sites for hydroxylation is 1. The topological polar surface area (TPSA) is 37.3 Å². The lowest BCUT2D eigenvalue weighted by Crippen LogP contribution is -2.49. The third kappa shape index (κ3) is 2.56. The van der Waals surface area contributed by atoms with Crippen LogP contribution in [0.2, 0.25) is 0 Å². The smallest absolute Gasteiger partial charge is 0.318 e. The average Bonchev–Trinajstić information content (AvgIpc) is 2.70. The highest BCUT2D eigenvalue weighted by atomic mass is 19.1. The molecule has 1 aromatic heterocycles. The SMILES string of the molecule is Cn1c2c(c3cc(F)ccc31)CN(C(=O)NC(C)(C)C)CC2. The van der Waals surface area contributed by atoms with E-state index in [1.54, 1.807) is 11.0 Å². The summed E-state index contributed by atoms with van der Waals surface area (Å²) in [4.78, 5) is 14.2. The third-order valence-corrected chi connectivity index (χ3v) is 4.13. The zero-order chi connectivity index (χ0) is 16.1. The minimum absolute atomic E-state index is 0.0634. The zero-order valence-electron chi connectivity index (χ0n) is 13.5. The van der Waals surface area contributed by atoms with Gasteiger partial charge in [-0.05, 0) is 39.0 Å². The average molecular weight is 303 g/mol. The molecule has 0 saturated heterocycles. The number of benzene rings is 1. The first kappa shape index (κ1) is 14.9. The number of rotatable bonds is 0. The number of halogens is 1. The van der Waals surface area contributed by atoms with Gasteiger partial charge < -0.3 is 14.8 Å². The maximum Gasteiger partial charge on any atom is 0.318 e. The Morgan fingerprint density at radius 2 is 2.05 bits per heavy atom. The first-order valence-electron chi connectivity index (χ1n) is 7.59. The number of hydrogen-bond donors (Lipinski definition) is 1. The Labute approximate surface area is 129 Å². The molecule has 2 heterocycles. The van der Waals surface area contributed by atoms with Crippen molar-refractivity contribution in [1.82, 2.24) is 14.8 Å². The fourth-order valence-corrected chi connectivity index (χ4v) is 3.12. The van der Waals surface area contributed by atoms with E-state index < -0.39 is 0 Å². The maximum absolute atomic E-state index is 13.6. The van der Waals surface area contributed by atoms with E-state index in [2.05, 4.69) is 9.88 Å². The molecule has 1 aliphatic heterocycles. The lowest BCUT2D eigenvalue weighted by Gasteiger charge is -2.31. The minimum Gasteiger partial charge on any atom is -0.347 e.